The number of methoxy groups -OCH3 is 1. The van der Waals surface area contributed by atoms with Crippen LogP contribution < -0.4 is 10.3 Å². The fraction of sp³-hybridized carbons (Fsp3) is 0.462. The average molecular weight is 298 g/mol. The van der Waals surface area contributed by atoms with Gasteiger partial charge in [-0.25, -0.2) is 0 Å². The van der Waals surface area contributed by atoms with Crippen molar-refractivity contribution in [2.75, 3.05) is 7.11 Å². The number of rotatable bonds is 5. The van der Waals surface area contributed by atoms with Gasteiger partial charge in [-0.3, -0.25) is 0 Å². The summed E-state index contributed by atoms with van der Waals surface area (Å²) in [7, 11) is 1.63. The van der Waals surface area contributed by atoms with Gasteiger partial charge in [-0.2, -0.15) is 0 Å². The number of ether oxygens (including phenoxy) is 1. The second-order valence-electron chi connectivity index (χ2n) is 4.07. The topological polar surface area (TPSA) is 31.2 Å². The first-order valence-corrected chi connectivity index (χ1v) is 7.56. The summed E-state index contributed by atoms with van der Waals surface area (Å²) in [4.78, 5) is 12.1. The van der Waals surface area contributed by atoms with Crippen LogP contribution in [0, 0.1) is 0 Å². The molecule has 1 heterocycles. The van der Waals surface area contributed by atoms with E-state index in [-0.39, 0.29) is 20.3 Å². The molecule has 0 atom stereocenters. The third kappa shape index (κ3) is 2.64. The van der Waals surface area contributed by atoms with Gasteiger partial charge in [0.2, 0.25) is 0 Å². The molecule has 0 aliphatic rings. The summed E-state index contributed by atoms with van der Waals surface area (Å²) >= 11 is 0.159. The molecule has 0 fully saturated rings. The van der Waals surface area contributed by atoms with E-state index in [0.717, 1.165) is 24.1 Å². The van der Waals surface area contributed by atoms with E-state index in [1.54, 1.807) is 7.11 Å². The zero-order valence-corrected chi connectivity index (χ0v) is 11.9. The van der Waals surface area contributed by atoms with Gasteiger partial charge in [0.1, 0.15) is 0 Å². The van der Waals surface area contributed by atoms with E-state index in [1.165, 1.54) is 17.1 Å². The minimum atomic E-state index is 0.159. The molecule has 0 amide bonds. The van der Waals surface area contributed by atoms with E-state index in [2.05, 4.69) is 6.92 Å². The molecule has 4 heteroatoms. The number of benzene rings is 1. The molecule has 92 valence electrons. The van der Waals surface area contributed by atoms with E-state index in [4.69, 9.17) is 4.74 Å². The van der Waals surface area contributed by atoms with Gasteiger partial charge in [0.05, 0.1) is 0 Å². The number of unbranched alkanes of at least 4 members (excludes halogenated alkanes) is 2. The molecular weight excluding hydrogens is 281 g/mol. The number of hydrogen-bond donors (Lipinski definition) is 0. The Balaban J connectivity index is 2.32. The maximum atomic E-state index is 12.1. The summed E-state index contributed by atoms with van der Waals surface area (Å²) in [5, 5.41) is 0.834. The van der Waals surface area contributed by atoms with Gasteiger partial charge in [0.15, 0.2) is 0 Å². The van der Waals surface area contributed by atoms with Crippen molar-refractivity contribution in [2.45, 2.75) is 32.7 Å². The third-order valence-electron chi connectivity index (χ3n) is 2.82. The molecule has 2 rings (SSSR count). The van der Waals surface area contributed by atoms with Gasteiger partial charge < -0.3 is 0 Å². The molecular formula is C13H17NO2Se. The second kappa shape index (κ2) is 5.56. The Hall–Kier alpha value is -0.991. The molecule has 17 heavy (non-hydrogen) atoms. The number of nitrogens with zero attached hydrogens (tertiary/aromatic N) is 1. The monoisotopic (exact) mass is 299 g/mol. The summed E-state index contributed by atoms with van der Waals surface area (Å²) < 4.78 is 8.33. The zero-order chi connectivity index (χ0) is 12.3. The molecule has 0 saturated heterocycles. The number of fused-ring (bicyclic) bond motifs is 1. The Morgan fingerprint density at radius 3 is 2.88 bits per heavy atom. The van der Waals surface area contributed by atoms with Gasteiger partial charge in [-0.15, -0.1) is 0 Å². The summed E-state index contributed by atoms with van der Waals surface area (Å²) in [5.74, 6) is 0.767. The average Bonchev–Trinajstić information content (AvgIpc) is 2.66. The molecule has 2 aromatic rings. The van der Waals surface area contributed by atoms with Gasteiger partial charge in [0.25, 0.3) is 0 Å². The second-order valence-corrected chi connectivity index (χ2v) is 6.30. The summed E-state index contributed by atoms with van der Waals surface area (Å²) in [5.41, 5.74) is 0.176. The summed E-state index contributed by atoms with van der Waals surface area (Å²) in [6.07, 6.45) is 3.49. The van der Waals surface area contributed by atoms with E-state index < -0.39 is 0 Å². The maximum absolute atomic E-state index is 12.1. The molecule has 1 aromatic carbocycles. The predicted molar refractivity (Wildman–Crippen MR) is 71.2 cm³/mol. The molecule has 0 saturated carbocycles. The van der Waals surface area contributed by atoms with Gasteiger partial charge in [0, 0.05) is 0 Å². The van der Waals surface area contributed by atoms with E-state index >= 15 is 0 Å². The van der Waals surface area contributed by atoms with Gasteiger partial charge in [-0.1, -0.05) is 0 Å². The van der Waals surface area contributed by atoms with E-state index in [0.29, 0.717) is 0 Å². The number of aryl methyl sites for hydroxylation is 1. The Morgan fingerprint density at radius 1 is 1.35 bits per heavy atom. The van der Waals surface area contributed by atoms with Crippen LogP contribution in [0.3, 0.4) is 0 Å². The van der Waals surface area contributed by atoms with Crippen molar-refractivity contribution in [1.82, 2.24) is 3.56 Å². The van der Waals surface area contributed by atoms with Crippen LogP contribution in [0.5, 0.6) is 5.75 Å². The first kappa shape index (κ1) is 12.5. The molecule has 0 bridgehead atoms. The normalized spacial score (nSPS) is 10.9. The van der Waals surface area contributed by atoms with Crippen molar-refractivity contribution in [1.29, 1.82) is 0 Å². The van der Waals surface area contributed by atoms with Crippen molar-refractivity contribution >= 4 is 24.4 Å². The first-order valence-electron chi connectivity index (χ1n) is 5.94. The Kier molecular flexibility index (Phi) is 4.08. The molecule has 3 nitrogen and oxygen atoms in total. The van der Waals surface area contributed by atoms with Crippen LogP contribution in [0.2, 0.25) is 0 Å². The Bertz CT molecular complexity index is 556. The standard InChI is InChI=1S/C13H17NO2Se/c1-3-4-5-8-14-13(15)11-9-10(16-2)6-7-12(11)17-14/h6-7,9H,3-5,8H2,1-2H3. The number of hydrogen-bond acceptors (Lipinski definition) is 2. The fourth-order valence-electron chi connectivity index (χ4n) is 1.83. The van der Waals surface area contributed by atoms with Crippen molar-refractivity contribution < 1.29 is 4.74 Å². The van der Waals surface area contributed by atoms with Crippen LogP contribution in [-0.4, -0.2) is 25.4 Å². The van der Waals surface area contributed by atoms with Crippen molar-refractivity contribution in [3.63, 3.8) is 0 Å². The molecule has 1 aromatic heterocycles. The molecule has 0 aliphatic carbocycles. The molecule has 0 N–H and O–H groups in total. The Labute approximate surface area is 107 Å². The van der Waals surface area contributed by atoms with Crippen LogP contribution in [0.25, 0.3) is 9.65 Å². The first-order chi connectivity index (χ1) is 8.26. The van der Waals surface area contributed by atoms with Crippen LogP contribution >= 0.6 is 0 Å². The van der Waals surface area contributed by atoms with Crippen molar-refractivity contribution in [2.24, 2.45) is 0 Å². The fourth-order valence-corrected chi connectivity index (χ4v) is 3.95. The van der Waals surface area contributed by atoms with Crippen molar-refractivity contribution in [3.8, 4) is 5.75 Å². The molecule has 0 spiro atoms. The SMILES string of the molecule is CCCCCn1[se]c2ccc(OC)cc2c1=O. The van der Waals surface area contributed by atoms with Crippen LogP contribution in [-0.2, 0) is 6.54 Å². The van der Waals surface area contributed by atoms with Gasteiger partial charge >= 0.3 is 107 Å². The van der Waals surface area contributed by atoms with Crippen LogP contribution in [0.4, 0.5) is 0 Å². The van der Waals surface area contributed by atoms with Crippen LogP contribution in [0.1, 0.15) is 26.2 Å². The van der Waals surface area contributed by atoms with Gasteiger partial charge in [-0.05, 0) is 0 Å². The quantitative estimate of drug-likeness (QED) is 0.626. The summed E-state index contributed by atoms with van der Waals surface area (Å²) in [6.45, 7) is 3.07. The molecule has 0 radical (unpaired) electrons. The summed E-state index contributed by atoms with van der Waals surface area (Å²) in [6, 6.07) is 5.81. The number of aromatic nitrogens is 1. The molecule has 0 aliphatic heterocycles. The predicted octanol–water partition coefficient (Wildman–Crippen LogP) is 2.26. The third-order valence-corrected chi connectivity index (χ3v) is 5.17. The molecule has 0 unspecified atom stereocenters. The van der Waals surface area contributed by atoms with Crippen LogP contribution in [0.15, 0.2) is 23.0 Å². The zero-order valence-electron chi connectivity index (χ0n) is 10.2. The van der Waals surface area contributed by atoms with E-state index in [1.807, 2.05) is 21.8 Å². The van der Waals surface area contributed by atoms with Crippen molar-refractivity contribution in [3.05, 3.63) is 28.6 Å². The Morgan fingerprint density at radius 2 is 2.18 bits per heavy atom. The van der Waals surface area contributed by atoms with E-state index in [9.17, 15) is 4.79 Å². The minimum absolute atomic E-state index is 0.159.